The molecule has 1 heterocycles. The lowest BCUT2D eigenvalue weighted by atomic mass is 10.2. The Kier molecular flexibility index (Phi) is 3.80. The topological polar surface area (TPSA) is 40.5 Å². The molecule has 0 aromatic heterocycles. The highest BCUT2D eigenvalue weighted by Crippen LogP contribution is 2.64. The van der Waals surface area contributed by atoms with Gasteiger partial charge < -0.3 is 4.55 Å². The molecule has 0 aliphatic carbocycles. The summed E-state index contributed by atoms with van der Waals surface area (Å²) in [6, 6.07) is 9.09. The molecule has 19 heavy (non-hydrogen) atoms. The number of amides is 1. The molecule has 1 atom stereocenters. The maximum absolute atomic E-state index is 12.2. The van der Waals surface area contributed by atoms with Crippen LogP contribution in [0.15, 0.2) is 46.7 Å². The van der Waals surface area contributed by atoms with Gasteiger partial charge in [0.1, 0.15) is 0 Å². The third kappa shape index (κ3) is 2.22. The molecule has 1 aromatic rings. The van der Waals surface area contributed by atoms with E-state index >= 15 is 0 Å². The Morgan fingerprint density at radius 2 is 1.95 bits per heavy atom. The van der Waals surface area contributed by atoms with Crippen LogP contribution in [0.4, 0.5) is 0 Å². The predicted molar refractivity (Wildman–Crippen MR) is 83.2 cm³/mol. The monoisotopic (exact) mass is 295 g/mol. The minimum Gasteiger partial charge on any atom is -0.336 e. The number of carbonyl (C=O) groups is 1. The Bertz CT molecular complexity index is 542. The van der Waals surface area contributed by atoms with Gasteiger partial charge in [0.05, 0.1) is 4.91 Å². The van der Waals surface area contributed by atoms with Crippen molar-refractivity contribution in [3.05, 3.63) is 41.8 Å². The Hall–Kier alpha value is -1.17. The lowest BCUT2D eigenvalue weighted by Gasteiger charge is -2.29. The average molecular weight is 295 g/mol. The summed E-state index contributed by atoms with van der Waals surface area (Å²) < 4.78 is 11.2. The first-order chi connectivity index (χ1) is 8.89. The third-order valence-electron chi connectivity index (χ3n) is 2.95. The van der Waals surface area contributed by atoms with Crippen molar-refractivity contribution in [1.29, 1.82) is 0 Å². The van der Waals surface area contributed by atoms with Gasteiger partial charge in [-0.25, -0.2) is 0 Å². The van der Waals surface area contributed by atoms with Crippen molar-refractivity contribution in [3.63, 3.8) is 0 Å². The number of rotatable bonds is 3. The average Bonchev–Trinajstić information content (AvgIpc) is 2.56. The maximum atomic E-state index is 12.2. The molecule has 1 unspecified atom stereocenters. The van der Waals surface area contributed by atoms with Gasteiger partial charge in [-0.2, -0.15) is 0 Å². The number of thiocarbonyl (C=S) groups is 1. The zero-order valence-electron chi connectivity index (χ0n) is 11.0. The SMILES string of the molecule is C=C1C(=O)N(CC(C)C)C(=S)S1(O)c1ccccc1. The fraction of sp³-hybridized carbons (Fsp3) is 0.286. The van der Waals surface area contributed by atoms with Crippen LogP contribution in [0.5, 0.6) is 0 Å². The van der Waals surface area contributed by atoms with Crippen LogP contribution < -0.4 is 0 Å². The molecule has 1 fully saturated rings. The van der Waals surface area contributed by atoms with Gasteiger partial charge in [0, 0.05) is 11.4 Å². The molecule has 102 valence electrons. The van der Waals surface area contributed by atoms with Crippen molar-refractivity contribution in [2.45, 2.75) is 18.7 Å². The Labute approximate surface area is 120 Å². The lowest BCUT2D eigenvalue weighted by molar-refractivity contribution is -0.122. The first-order valence-corrected chi connectivity index (χ1v) is 8.04. The van der Waals surface area contributed by atoms with Crippen molar-refractivity contribution in [2.75, 3.05) is 6.54 Å². The summed E-state index contributed by atoms with van der Waals surface area (Å²) in [4.78, 5) is 14.6. The summed E-state index contributed by atoms with van der Waals surface area (Å²) in [6.07, 6.45) is 0. The number of hydrogen-bond acceptors (Lipinski definition) is 3. The van der Waals surface area contributed by atoms with E-state index in [-0.39, 0.29) is 16.7 Å². The molecule has 0 radical (unpaired) electrons. The van der Waals surface area contributed by atoms with Gasteiger partial charge in [-0.3, -0.25) is 9.69 Å². The molecule has 0 bridgehead atoms. The summed E-state index contributed by atoms with van der Waals surface area (Å²) >= 11 is 5.36. The second kappa shape index (κ2) is 5.07. The van der Waals surface area contributed by atoms with Crippen molar-refractivity contribution < 1.29 is 9.35 Å². The van der Waals surface area contributed by atoms with E-state index in [2.05, 4.69) is 6.58 Å². The second-order valence-electron chi connectivity index (χ2n) is 4.89. The molecule has 3 nitrogen and oxygen atoms in total. The fourth-order valence-electron chi connectivity index (χ4n) is 2.01. The van der Waals surface area contributed by atoms with Gasteiger partial charge in [0.2, 0.25) is 0 Å². The van der Waals surface area contributed by atoms with Crippen LogP contribution in [0.1, 0.15) is 13.8 Å². The highest BCUT2D eigenvalue weighted by molar-refractivity contribution is 8.49. The van der Waals surface area contributed by atoms with Crippen molar-refractivity contribution in [1.82, 2.24) is 4.90 Å². The number of carbonyl (C=O) groups excluding carboxylic acids is 1. The fourth-order valence-corrected chi connectivity index (χ4v) is 4.84. The van der Waals surface area contributed by atoms with Crippen molar-refractivity contribution in [3.8, 4) is 0 Å². The maximum Gasteiger partial charge on any atom is 0.266 e. The van der Waals surface area contributed by atoms with Crippen molar-refractivity contribution in [2.24, 2.45) is 5.92 Å². The van der Waals surface area contributed by atoms with E-state index in [4.69, 9.17) is 12.2 Å². The van der Waals surface area contributed by atoms with Crippen LogP contribution in [-0.2, 0) is 4.79 Å². The largest absolute Gasteiger partial charge is 0.336 e. The lowest BCUT2D eigenvalue weighted by Crippen LogP contribution is -2.32. The van der Waals surface area contributed by atoms with E-state index in [1.54, 1.807) is 12.1 Å². The zero-order valence-corrected chi connectivity index (χ0v) is 12.6. The Morgan fingerprint density at radius 3 is 2.47 bits per heavy atom. The van der Waals surface area contributed by atoms with E-state index in [0.717, 1.165) is 0 Å². The second-order valence-corrected chi connectivity index (χ2v) is 8.05. The highest BCUT2D eigenvalue weighted by atomic mass is 32.3. The quantitative estimate of drug-likeness (QED) is 0.684. The van der Waals surface area contributed by atoms with Crippen LogP contribution >= 0.6 is 22.5 Å². The number of benzene rings is 1. The van der Waals surface area contributed by atoms with Crippen LogP contribution in [0.2, 0.25) is 0 Å². The van der Waals surface area contributed by atoms with E-state index in [9.17, 15) is 9.35 Å². The van der Waals surface area contributed by atoms with Gasteiger partial charge in [0.15, 0.2) is 4.32 Å². The van der Waals surface area contributed by atoms with Gasteiger partial charge in [0.25, 0.3) is 5.91 Å². The predicted octanol–water partition coefficient (Wildman–Crippen LogP) is 3.62. The van der Waals surface area contributed by atoms with E-state index in [0.29, 0.717) is 15.8 Å². The summed E-state index contributed by atoms with van der Waals surface area (Å²) in [5.41, 5.74) is 0. The third-order valence-corrected chi connectivity index (χ3v) is 6.46. The zero-order chi connectivity index (χ0) is 14.2. The van der Waals surface area contributed by atoms with E-state index in [1.807, 2.05) is 32.0 Å². The smallest absolute Gasteiger partial charge is 0.266 e. The van der Waals surface area contributed by atoms with Crippen LogP contribution in [-0.4, -0.2) is 26.2 Å². The number of nitrogens with zero attached hydrogens (tertiary/aromatic N) is 1. The normalized spacial score (nSPS) is 26.9. The molecule has 1 N–H and O–H groups in total. The van der Waals surface area contributed by atoms with Crippen LogP contribution in [0.3, 0.4) is 0 Å². The number of hydrogen-bond donors (Lipinski definition) is 1. The standard InChI is InChI=1S/C14H17NO2S2/c1-10(2)9-15-13(16)11(3)19(17,14(15)18)12-7-5-4-6-8-12/h4-8,10,17H,3,9H2,1-2H3. The van der Waals surface area contributed by atoms with E-state index < -0.39 is 10.3 Å². The molecular formula is C14H17NO2S2. The summed E-state index contributed by atoms with van der Waals surface area (Å²) in [7, 11) is -2.57. The molecule has 0 spiro atoms. The molecule has 1 amide bonds. The molecule has 1 aliphatic heterocycles. The summed E-state index contributed by atoms with van der Waals surface area (Å²) in [5.74, 6) is 0.0345. The molecule has 1 aromatic carbocycles. The molecule has 1 saturated heterocycles. The van der Waals surface area contributed by atoms with Crippen LogP contribution in [0.25, 0.3) is 0 Å². The molecule has 0 saturated carbocycles. The van der Waals surface area contributed by atoms with Crippen molar-refractivity contribution >= 4 is 32.8 Å². The van der Waals surface area contributed by atoms with Gasteiger partial charge in [-0.15, -0.1) is 0 Å². The highest BCUT2D eigenvalue weighted by Gasteiger charge is 2.48. The minimum absolute atomic E-state index is 0.212. The molecule has 1 aliphatic rings. The molecule has 5 heteroatoms. The summed E-state index contributed by atoms with van der Waals surface area (Å²) in [5, 5.41) is 0. The molecular weight excluding hydrogens is 278 g/mol. The Balaban J connectivity index is 2.45. The minimum atomic E-state index is -2.57. The van der Waals surface area contributed by atoms with Gasteiger partial charge in [-0.1, -0.05) is 50.8 Å². The van der Waals surface area contributed by atoms with Gasteiger partial charge >= 0.3 is 0 Å². The Morgan fingerprint density at radius 1 is 1.37 bits per heavy atom. The van der Waals surface area contributed by atoms with Gasteiger partial charge in [-0.05, 0) is 28.4 Å². The first kappa shape index (κ1) is 14.2. The summed E-state index contributed by atoms with van der Waals surface area (Å²) in [6.45, 7) is 8.31. The van der Waals surface area contributed by atoms with E-state index in [1.165, 1.54) is 4.90 Å². The first-order valence-electron chi connectivity index (χ1n) is 6.04. The molecule has 2 rings (SSSR count). The van der Waals surface area contributed by atoms with Crippen LogP contribution in [0, 0.1) is 5.92 Å².